The van der Waals surface area contributed by atoms with Gasteiger partial charge in [0.2, 0.25) is 0 Å². The monoisotopic (exact) mass is 485 g/mol. The second kappa shape index (κ2) is 7.38. The Bertz CT molecular complexity index is 598. The van der Waals surface area contributed by atoms with Crippen molar-refractivity contribution < 1.29 is 0 Å². The van der Waals surface area contributed by atoms with E-state index in [-0.39, 0.29) is 0 Å². The second-order valence-electron chi connectivity index (χ2n) is 4.17. The number of nitrogens with zero attached hydrogens (tertiary/aromatic N) is 2. The second-order valence-corrected chi connectivity index (χ2v) is 7.76. The molecule has 1 N–H and O–H groups in total. The lowest BCUT2D eigenvalue weighted by Gasteiger charge is -2.11. The van der Waals surface area contributed by atoms with Gasteiger partial charge in [-0.15, -0.1) is 11.3 Å². The molecule has 2 aromatic heterocycles. The summed E-state index contributed by atoms with van der Waals surface area (Å²) in [5.41, 5.74) is 1.06. The van der Waals surface area contributed by atoms with E-state index in [4.69, 9.17) is 11.6 Å². The molecule has 3 nitrogen and oxygen atoms in total. The van der Waals surface area contributed by atoms with Gasteiger partial charge in [0.05, 0.1) is 14.1 Å². The fourth-order valence-electron chi connectivity index (χ4n) is 1.66. The summed E-state index contributed by atoms with van der Waals surface area (Å²) in [6.07, 6.45) is 1.95. The molecule has 20 heavy (non-hydrogen) atoms. The molecule has 0 saturated heterocycles. The van der Waals surface area contributed by atoms with Crippen LogP contribution >= 0.6 is 61.5 Å². The molecule has 0 aliphatic carbocycles. The molecule has 2 aromatic rings. The zero-order valence-electron chi connectivity index (χ0n) is 11.1. The lowest BCUT2D eigenvalue weighted by molar-refractivity contribution is 0.944. The van der Waals surface area contributed by atoms with Gasteiger partial charge in [0, 0.05) is 11.0 Å². The van der Waals surface area contributed by atoms with Crippen LogP contribution in [0.4, 0.5) is 5.82 Å². The highest BCUT2D eigenvalue weighted by molar-refractivity contribution is 14.1. The third kappa shape index (κ3) is 3.64. The molecule has 0 aromatic carbocycles. The predicted molar refractivity (Wildman–Crippen MR) is 98.9 cm³/mol. The van der Waals surface area contributed by atoms with Crippen molar-refractivity contribution in [3.63, 3.8) is 0 Å². The van der Waals surface area contributed by atoms with Gasteiger partial charge in [-0.2, -0.15) is 0 Å². The fraction of sp³-hybridized carbons (Fsp3) is 0.385. The van der Waals surface area contributed by atoms with Gasteiger partial charge in [-0.25, -0.2) is 9.97 Å². The Labute approximate surface area is 149 Å². The van der Waals surface area contributed by atoms with E-state index in [1.807, 2.05) is 6.07 Å². The lowest BCUT2D eigenvalue weighted by atomic mass is 10.3. The van der Waals surface area contributed by atoms with Crippen molar-refractivity contribution >= 4 is 67.3 Å². The van der Waals surface area contributed by atoms with E-state index in [1.165, 1.54) is 11.3 Å². The van der Waals surface area contributed by atoms with Gasteiger partial charge < -0.3 is 5.32 Å². The van der Waals surface area contributed by atoms with E-state index < -0.39 is 0 Å². The van der Waals surface area contributed by atoms with E-state index >= 15 is 0 Å². The van der Waals surface area contributed by atoms with Gasteiger partial charge in [0.1, 0.15) is 10.2 Å². The lowest BCUT2D eigenvalue weighted by Crippen LogP contribution is -2.08. The highest BCUT2D eigenvalue weighted by Gasteiger charge is 2.15. The van der Waals surface area contributed by atoms with Gasteiger partial charge in [-0.3, -0.25) is 0 Å². The van der Waals surface area contributed by atoms with Crippen LogP contribution in [0.1, 0.15) is 26.0 Å². The Hall–Kier alpha value is 0.0800. The van der Waals surface area contributed by atoms with Crippen molar-refractivity contribution in [2.75, 3.05) is 11.9 Å². The average molecular weight is 487 g/mol. The number of thiophene rings is 1. The minimum Gasteiger partial charge on any atom is -0.369 e. The first kappa shape index (κ1) is 16.5. The number of anilines is 1. The van der Waals surface area contributed by atoms with Crippen LogP contribution in [0.15, 0.2) is 10.5 Å². The number of rotatable bonds is 5. The molecular formula is C13H14BrClIN3S. The molecule has 2 heterocycles. The summed E-state index contributed by atoms with van der Waals surface area (Å²) in [5.74, 6) is 1.65. The molecule has 0 radical (unpaired) electrons. The molecule has 0 unspecified atom stereocenters. The molecule has 0 amide bonds. The Morgan fingerprint density at radius 2 is 2.15 bits per heavy atom. The molecule has 108 valence electrons. The highest BCUT2D eigenvalue weighted by Crippen LogP contribution is 2.37. The molecule has 2 rings (SSSR count). The third-order valence-electron chi connectivity index (χ3n) is 2.66. The normalized spacial score (nSPS) is 10.8. The number of aromatic nitrogens is 2. The maximum Gasteiger partial charge on any atom is 0.172 e. The molecule has 0 aliphatic heterocycles. The van der Waals surface area contributed by atoms with Crippen molar-refractivity contribution in [1.29, 1.82) is 0 Å². The Morgan fingerprint density at radius 3 is 2.70 bits per heavy atom. The van der Waals surface area contributed by atoms with E-state index in [9.17, 15) is 0 Å². The van der Waals surface area contributed by atoms with Crippen molar-refractivity contribution in [3.05, 3.63) is 24.1 Å². The molecule has 0 atom stereocenters. The van der Waals surface area contributed by atoms with Gasteiger partial charge >= 0.3 is 0 Å². The van der Waals surface area contributed by atoms with Crippen molar-refractivity contribution in [2.24, 2.45) is 0 Å². The Kier molecular flexibility index (Phi) is 6.07. The van der Waals surface area contributed by atoms with Crippen LogP contribution in [0.25, 0.3) is 10.7 Å². The molecule has 0 fully saturated rings. The van der Waals surface area contributed by atoms with E-state index in [0.717, 1.165) is 54.0 Å². The highest BCUT2D eigenvalue weighted by atomic mass is 127. The van der Waals surface area contributed by atoms with Gasteiger partial charge in [-0.05, 0) is 57.4 Å². The van der Waals surface area contributed by atoms with E-state index in [0.29, 0.717) is 0 Å². The Balaban J connectivity index is 2.47. The van der Waals surface area contributed by atoms with Crippen molar-refractivity contribution in [2.45, 2.75) is 26.7 Å². The average Bonchev–Trinajstić information content (AvgIpc) is 2.77. The van der Waals surface area contributed by atoms with Crippen LogP contribution < -0.4 is 5.32 Å². The molecule has 0 aliphatic rings. The zero-order chi connectivity index (χ0) is 14.7. The van der Waals surface area contributed by atoms with Gasteiger partial charge in [-0.1, -0.05) is 25.4 Å². The van der Waals surface area contributed by atoms with Gasteiger partial charge in [0.15, 0.2) is 5.82 Å². The van der Waals surface area contributed by atoms with Crippen LogP contribution in [0, 0.1) is 3.57 Å². The summed E-state index contributed by atoms with van der Waals surface area (Å²) >= 11 is 13.3. The SMILES string of the molecule is CCCNc1nc(-c2cc(Br)c(Cl)s2)nc(CC)c1I. The number of nitrogens with one attached hydrogen (secondary N) is 1. The van der Waals surface area contributed by atoms with E-state index in [1.54, 1.807) is 0 Å². The molecule has 0 saturated carbocycles. The summed E-state index contributed by atoms with van der Waals surface area (Å²) in [4.78, 5) is 10.3. The largest absolute Gasteiger partial charge is 0.369 e. The fourth-order valence-corrected chi connectivity index (χ4v) is 4.10. The maximum absolute atomic E-state index is 6.11. The minimum atomic E-state index is 0.725. The number of hydrogen-bond donors (Lipinski definition) is 1. The first-order valence-electron chi connectivity index (χ1n) is 6.32. The number of halogens is 3. The number of hydrogen-bond acceptors (Lipinski definition) is 4. The number of aryl methyl sites for hydroxylation is 1. The predicted octanol–water partition coefficient (Wildman–Crippen LogP) is 5.61. The quantitative estimate of drug-likeness (QED) is 0.559. The maximum atomic E-state index is 6.11. The summed E-state index contributed by atoms with van der Waals surface area (Å²) in [6, 6.07) is 1.97. The zero-order valence-corrected chi connectivity index (χ0v) is 16.5. The summed E-state index contributed by atoms with van der Waals surface area (Å²) < 4.78 is 2.72. The standard InChI is InChI=1S/C13H14BrClIN3S/c1-3-5-17-13-10(16)8(4-2)18-12(19-13)9-6-7(14)11(15)20-9/h6H,3-5H2,1-2H3,(H,17,18,19). The van der Waals surface area contributed by atoms with Crippen LogP contribution in [0.3, 0.4) is 0 Å². The molecular weight excluding hydrogens is 472 g/mol. The van der Waals surface area contributed by atoms with E-state index in [2.05, 4.69) is 67.7 Å². The smallest absolute Gasteiger partial charge is 0.172 e. The topological polar surface area (TPSA) is 37.8 Å². The molecule has 0 bridgehead atoms. The summed E-state index contributed by atoms with van der Waals surface area (Å²) in [5, 5.41) is 3.37. The van der Waals surface area contributed by atoms with Crippen molar-refractivity contribution in [1.82, 2.24) is 9.97 Å². The third-order valence-corrected chi connectivity index (χ3v) is 6.27. The summed E-state index contributed by atoms with van der Waals surface area (Å²) in [6.45, 7) is 5.15. The van der Waals surface area contributed by atoms with Crippen LogP contribution in [0.2, 0.25) is 4.34 Å². The van der Waals surface area contributed by atoms with Crippen LogP contribution in [0.5, 0.6) is 0 Å². The minimum absolute atomic E-state index is 0.725. The van der Waals surface area contributed by atoms with Crippen molar-refractivity contribution in [3.8, 4) is 10.7 Å². The first-order valence-corrected chi connectivity index (χ1v) is 9.38. The first-order chi connectivity index (χ1) is 9.56. The van der Waals surface area contributed by atoms with Crippen LogP contribution in [-0.2, 0) is 6.42 Å². The molecule has 7 heteroatoms. The summed E-state index contributed by atoms with van der Waals surface area (Å²) in [7, 11) is 0. The van der Waals surface area contributed by atoms with Gasteiger partial charge in [0.25, 0.3) is 0 Å². The van der Waals surface area contributed by atoms with Crippen LogP contribution in [-0.4, -0.2) is 16.5 Å². The molecule has 0 spiro atoms. The Morgan fingerprint density at radius 1 is 1.40 bits per heavy atom.